The van der Waals surface area contributed by atoms with Gasteiger partial charge in [-0.25, -0.2) is 4.98 Å². The van der Waals surface area contributed by atoms with Gasteiger partial charge >= 0.3 is 0 Å². The van der Waals surface area contributed by atoms with Crippen LogP contribution in [0, 0.1) is 5.41 Å². The number of fused-ring (bicyclic) bond motifs is 1. The second-order valence-electron chi connectivity index (χ2n) is 8.73. The molecule has 0 saturated carbocycles. The smallest absolute Gasteiger partial charge is 0.229 e. The summed E-state index contributed by atoms with van der Waals surface area (Å²) in [6.45, 7) is 12.2. The average molecular weight is 350 g/mol. The lowest BCUT2D eigenvalue weighted by atomic mass is 9.87. The summed E-state index contributed by atoms with van der Waals surface area (Å²) in [5, 5.41) is 2.93. The van der Waals surface area contributed by atoms with Gasteiger partial charge in [0.15, 0.2) is 5.58 Å². The van der Waals surface area contributed by atoms with Gasteiger partial charge in [-0.15, -0.1) is 0 Å². The molecule has 26 heavy (non-hydrogen) atoms. The van der Waals surface area contributed by atoms with E-state index in [1.807, 2.05) is 51.1 Å². The average Bonchev–Trinajstić information content (AvgIpc) is 2.96. The molecular formula is C22H26N2O2. The molecule has 4 heteroatoms. The molecule has 0 spiro atoms. The van der Waals surface area contributed by atoms with E-state index in [9.17, 15) is 4.79 Å². The summed E-state index contributed by atoms with van der Waals surface area (Å²) in [6, 6.07) is 13.8. The third-order valence-electron chi connectivity index (χ3n) is 4.32. The van der Waals surface area contributed by atoms with E-state index >= 15 is 0 Å². The number of carbonyl (C=O) groups is 1. The van der Waals surface area contributed by atoms with Gasteiger partial charge in [-0.05, 0) is 41.3 Å². The quantitative estimate of drug-likeness (QED) is 0.637. The Hall–Kier alpha value is -2.62. The zero-order valence-electron chi connectivity index (χ0n) is 16.3. The molecule has 3 rings (SSSR count). The number of aromatic nitrogens is 1. The van der Waals surface area contributed by atoms with Crippen LogP contribution in [0.4, 0.5) is 5.69 Å². The molecule has 0 bridgehead atoms. The lowest BCUT2D eigenvalue weighted by molar-refractivity contribution is -0.123. The van der Waals surface area contributed by atoms with Crippen LogP contribution in [0.3, 0.4) is 0 Å². The van der Waals surface area contributed by atoms with Crippen molar-refractivity contribution < 1.29 is 9.21 Å². The highest BCUT2D eigenvalue weighted by Gasteiger charge is 2.21. The van der Waals surface area contributed by atoms with Gasteiger partial charge in [0, 0.05) is 16.7 Å². The van der Waals surface area contributed by atoms with Crippen molar-refractivity contribution in [1.29, 1.82) is 0 Å². The second kappa shape index (κ2) is 6.27. The third kappa shape index (κ3) is 3.79. The SMILES string of the molecule is CC(C)(C)C(=O)Nc1ccc2oc(-c3ccc(C(C)(C)C)cc3)nc2c1. The number of rotatable bonds is 2. The van der Waals surface area contributed by atoms with Crippen LogP contribution in [0.2, 0.25) is 0 Å². The van der Waals surface area contributed by atoms with Crippen LogP contribution in [0.25, 0.3) is 22.6 Å². The Morgan fingerprint density at radius 2 is 1.62 bits per heavy atom. The van der Waals surface area contributed by atoms with Gasteiger partial charge < -0.3 is 9.73 Å². The zero-order chi connectivity index (χ0) is 19.1. The highest BCUT2D eigenvalue weighted by molar-refractivity contribution is 5.96. The molecule has 2 aromatic carbocycles. The maximum Gasteiger partial charge on any atom is 0.229 e. The minimum atomic E-state index is -0.446. The fourth-order valence-electron chi connectivity index (χ4n) is 2.56. The van der Waals surface area contributed by atoms with Crippen LogP contribution in [-0.4, -0.2) is 10.9 Å². The summed E-state index contributed by atoms with van der Waals surface area (Å²) in [4.78, 5) is 16.7. The molecule has 0 fully saturated rings. The Kier molecular flexibility index (Phi) is 4.39. The summed E-state index contributed by atoms with van der Waals surface area (Å²) in [5.74, 6) is 0.554. The van der Waals surface area contributed by atoms with Crippen molar-refractivity contribution in [3.05, 3.63) is 48.0 Å². The number of nitrogens with zero attached hydrogens (tertiary/aromatic N) is 1. The Bertz CT molecular complexity index is 939. The van der Waals surface area contributed by atoms with Crippen molar-refractivity contribution in [2.45, 2.75) is 47.0 Å². The largest absolute Gasteiger partial charge is 0.436 e. The molecule has 0 saturated heterocycles. The van der Waals surface area contributed by atoms with Gasteiger partial charge in [-0.1, -0.05) is 53.7 Å². The number of hydrogen-bond donors (Lipinski definition) is 1. The summed E-state index contributed by atoms with van der Waals surface area (Å²) in [7, 11) is 0. The van der Waals surface area contributed by atoms with Crippen molar-refractivity contribution >= 4 is 22.7 Å². The summed E-state index contributed by atoms with van der Waals surface area (Å²) in [5.41, 5.74) is 4.03. The third-order valence-corrected chi connectivity index (χ3v) is 4.32. The second-order valence-corrected chi connectivity index (χ2v) is 8.73. The monoisotopic (exact) mass is 350 g/mol. The Morgan fingerprint density at radius 1 is 0.962 bits per heavy atom. The Balaban J connectivity index is 1.89. The van der Waals surface area contributed by atoms with Crippen LogP contribution >= 0.6 is 0 Å². The minimum Gasteiger partial charge on any atom is -0.436 e. The zero-order valence-corrected chi connectivity index (χ0v) is 16.3. The highest BCUT2D eigenvalue weighted by atomic mass is 16.3. The van der Waals surface area contributed by atoms with E-state index in [0.717, 1.165) is 16.8 Å². The van der Waals surface area contributed by atoms with E-state index in [4.69, 9.17) is 4.42 Å². The Morgan fingerprint density at radius 3 is 2.19 bits per heavy atom. The first-order chi connectivity index (χ1) is 12.0. The number of carbonyl (C=O) groups excluding carboxylic acids is 1. The molecule has 0 unspecified atom stereocenters. The van der Waals surface area contributed by atoms with Crippen molar-refractivity contribution in [1.82, 2.24) is 4.98 Å². The van der Waals surface area contributed by atoms with Gasteiger partial charge in [0.1, 0.15) is 5.52 Å². The molecule has 0 aliphatic rings. The van der Waals surface area contributed by atoms with E-state index in [2.05, 4.69) is 43.2 Å². The summed E-state index contributed by atoms with van der Waals surface area (Å²) in [6.07, 6.45) is 0. The predicted octanol–water partition coefficient (Wildman–Crippen LogP) is 5.78. The fourth-order valence-corrected chi connectivity index (χ4v) is 2.56. The van der Waals surface area contributed by atoms with E-state index in [1.54, 1.807) is 0 Å². The lowest BCUT2D eigenvalue weighted by Gasteiger charge is -2.18. The molecule has 0 aliphatic carbocycles. The van der Waals surface area contributed by atoms with E-state index < -0.39 is 5.41 Å². The number of oxazole rings is 1. The first-order valence-corrected chi connectivity index (χ1v) is 8.87. The number of benzene rings is 2. The highest BCUT2D eigenvalue weighted by Crippen LogP contribution is 2.29. The molecule has 3 aromatic rings. The molecule has 0 aliphatic heterocycles. The normalized spacial score (nSPS) is 12.4. The van der Waals surface area contributed by atoms with Crippen molar-refractivity contribution in [3.63, 3.8) is 0 Å². The van der Waals surface area contributed by atoms with E-state index in [-0.39, 0.29) is 11.3 Å². The number of amides is 1. The van der Waals surface area contributed by atoms with Crippen molar-refractivity contribution in [2.24, 2.45) is 5.41 Å². The molecule has 136 valence electrons. The maximum absolute atomic E-state index is 12.2. The standard InChI is InChI=1S/C22H26N2O2/c1-21(2,3)15-9-7-14(8-10-15)19-24-17-13-16(11-12-18(17)26-19)23-20(25)22(4,5)6/h7-13H,1-6H3,(H,23,25). The molecule has 1 heterocycles. The van der Waals surface area contributed by atoms with Crippen LogP contribution in [0.5, 0.6) is 0 Å². The first kappa shape index (κ1) is 18.2. The summed E-state index contributed by atoms with van der Waals surface area (Å²) < 4.78 is 5.88. The fraction of sp³-hybridized carbons (Fsp3) is 0.364. The number of hydrogen-bond acceptors (Lipinski definition) is 3. The topological polar surface area (TPSA) is 55.1 Å². The molecule has 4 nitrogen and oxygen atoms in total. The maximum atomic E-state index is 12.2. The first-order valence-electron chi connectivity index (χ1n) is 8.87. The van der Waals surface area contributed by atoms with Gasteiger partial charge in [0.25, 0.3) is 0 Å². The van der Waals surface area contributed by atoms with Crippen molar-refractivity contribution in [3.8, 4) is 11.5 Å². The van der Waals surface area contributed by atoms with Gasteiger partial charge in [0.2, 0.25) is 11.8 Å². The van der Waals surface area contributed by atoms with E-state index in [1.165, 1.54) is 5.56 Å². The number of anilines is 1. The Labute approximate surface area is 154 Å². The van der Waals surface area contributed by atoms with Crippen LogP contribution < -0.4 is 5.32 Å². The molecule has 1 amide bonds. The van der Waals surface area contributed by atoms with Gasteiger partial charge in [-0.3, -0.25) is 4.79 Å². The minimum absolute atomic E-state index is 0.0293. The van der Waals surface area contributed by atoms with Crippen LogP contribution in [0.15, 0.2) is 46.9 Å². The molecule has 1 aromatic heterocycles. The van der Waals surface area contributed by atoms with Crippen LogP contribution in [0.1, 0.15) is 47.1 Å². The lowest BCUT2D eigenvalue weighted by Crippen LogP contribution is -2.27. The van der Waals surface area contributed by atoms with Gasteiger partial charge in [-0.2, -0.15) is 0 Å². The molecule has 0 atom stereocenters. The molecular weight excluding hydrogens is 324 g/mol. The molecule has 1 N–H and O–H groups in total. The molecule has 0 radical (unpaired) electrons. The number of nitrogens with one attached hydrogen (secondary N) is 1. The summed E-state index contributed by atoms with van der Waals surface area (Å²) >= 11 is 0. The van der Waals surface area contributed by atoms with Crippen LogP contribution in [-0.2, 0) is 10.2 Å². The predicted molar refractivity (Wildman–Crippen MR) is 106 cm³/mol. The van der Waals surface area contributed by atoms with Crippen molar-refractivity contribution in [2.75, 3.05) is 5.32 Å². The van der Waals surface area contributed by atoms with E-state index in [0.29, 0.717) is 11.5 Å². The van der Waals surface area contributed by atoms with Gasteiger partial charge in [0.05, 0.1) is 0 Å².